The molecule has 5 heteroatoms. The molecule has 122 valence electrons. The first kappa shape index (κ1) is 16.5. The fourth-order valence-electron chi connectivity index (χ4n) is 2.31. The molecule has 1 N–H and O–H groups in total. The molecule has 0 unspecified atom stereocenters. The maximum atomic E-state index is 13.5. The molecule has 0 saturated carbocycles. The second-order valence-corrected chi connectivity index (χ2v) is 6.23. The van der Waals surface area contributed by atoms with Gasteiger partial charge in [-0.25, -0.2) is 4.39 Å². The first-order chi connectivity index (χ1) is 11.6. The highest BCUT2D eigenvalue weighted by molar-refractivity contribution is 9.10. The van der Waals surface area contributed by atoms with Gasteiger partial charge in [0.15, 0.2) is 0 Å². The molecular formula is C19H15BrFNO2. The van der Waals surface area contributed by atoms with E-state index < -0.39 is 0 Å². The predicted octanol–water partition coefficient (Wildman–Crippen LogP) is 4.71. The molecule has 3 nitrogen and oxygen atoms in total. The van der Waals surface area contributed by atoms with Crippen LogP contribution >= 0.6 is 15.9 Å². The number of furan rings is 1. The zero-order valence-electron chi connectivity index (χ0n) is 12.8. The van der Waals surface area contributed by atoms with E-state index in [4.69, 9.17) is 4.42 Å². The van der Waals surface area contributed by atoms with Crippen LogP contribution < -0.4 is 5.32 Å². The van der Waals surface area contributed by atoms with Gasteiger partial charge in [0.1, 0.15) is 17.3 Å². The number of halogens is 2. The van der Waals surface area contributed by atoms with Crippen molar-refractivity contribution in [1.82, 2.24) is 5.32 Å². The van der Waals surface area contributed by atoms with E-state index in [1.165, 1.54) is 6.07 Å². The maximum absolute atomic E-state index is 13.5. The summed E-state index contributed by atoms with van der Waals surface area (Å²) in [4.78, 5) is 11.9. The van der Waals surface area contributed by atoms with Crippen molar-refractivity contribution in [3.05, 3.63) is 82.3 Å². The number of nitrogens with one attached hydrogen (secondary N) is 1. The van der Waals surface area contributed by atoms with Crippen LogP contribution in [0.1, 0.15) is 11.3 Å². The fourth-order valence-corrected chi connectivity index (χ4v) is 2.57. The van der Waals surface area contributed by atoms with E-state index in [2.05, 4.69) is 21.2 Å². The van der Waals surface area contributed by atoms with Gasteiger partial charge in [-0.1, -0.05) is 46.3 Å². The third kappa shape index (κ3) is 4.11. The summed E-state index contributed by atoms with van der Waals surface area (Å²) < 4.78 is 20.3. The number of amides is 1. The normalized spacial score (nSPS) is 10.6. The first-order valence-corrected chi connectivity index (χ1v) is 8.26. The van der Waals surface area contributed by atoms with Crippen molar-refractivity contribution in [2.45, 2.75) is 13.0 Å². The summed E-state index contributed by atoms with van der Waals surface area (Å²) in [6.45, 7) is 0.268. The summed E-state index contributed by atoms with van der Waals surface area (Å²) in [5, 5.41) is 2.74. The minimum absolute atomic E-state index is 0.00690. The van der Waals surface area contributed by atoms with E-state index >= 15 is 0 Å². The lowest BCUT2D eigenvalue weighted by Crippen LogP contribution is -2.24. The quantitative estimate of drug-likeness (QED) is 0.688. The standard InChI is InChI=1S/C19H15BrFNO2/c20-15-7-5-13(6-8-15)18-10-9-16(24-18)12-22-19(23)11-14-3-1-2-4-17(14)21/h1-10H,11-12H2,(H,22,23). The largest absolute Gasteiger partial charge is 0.459 e. The average Bonchev–Trinajstić information content (AvgIpc) is 3.05. The minimum Gasteiger partial charge on any atom is -0.459 e. The molecule has 0 atom stereocenters. The molecule has 0 aliphatic heterocycles. The summed E-state index contributed by atoms with van der Waals surface area (Å²) in [7, 11) is 0. The molecule has 0 radical (unpaired) electrons. The summed E-state index contributed by atoms with van der Waals surface area (Å²) >= 11 is 3.39. The number of carbonyl (C=O) groups is 1. The van der Waals surface area contributed by atoms with Gasteiger partial charge >= 0.3 is 0 Å². The van der Waals surface area contributed by atoms with Crippen molar-refractivity contribution < 1.29 is 13.6 Å². The van der Waals surface area contributed by atoms with Crippen LogP contribution in [0.25, 0.3) is 11.3 Å². The van der Waals surface area contributed by atoms with Crippen LogP contribution in [-0.2, 0) is 17.8 Å². The van der Waals surface area contributed by atoms with Crippen LogP contribution in [0.3, 0.4) is 0 Å². The Hall–Kier alpha value is -2.40. The summed E-state index contributed by atoms with van der Waals surface area (Å²) in [6, 6.07) is 17.7. The Labute approximate surface area is 147 Å². The van der Waals surface area contributed by atoms with Crippen molar-refractivity contribution in [3.63, 3.8) is 0 Å². The molecular weight excluding hydrogens is 373 g/mol. The third-order valence-corrected chi connectivity index (χ3v) is 4.09. The number of hydrogen-bond acceptors (Lipinski definition) is 2. The van der Waals surface area contributed by atoms with Crippen molar-refractivity contribution in [2.24, 2.45) is 0 Å². The zero-order valence-corrected chi connectivity index (χ0v) is 14.3. The Balaban J connectivity index is 1.58. The molecule has 1 amide bonds. The smallest absolute Gasteiger partial charge is 0.224 e. The lowest BCUT2D eigenvalue weighted by atomic mass is 10.1. The van der Waals surface area contributed by atoms with Gasteiger partial charge in [0.25, 0.3) is 0 Å². The second kappa shape index (κ2) is 7.45. The fraction of sp³-hybridized carbons (Fsp3) is 0.105. The van der Waals surface area contributed by atoms with Gasteiger partial charge in [-0.2, -0.15) is 0 Å². The molecule has 3 rings (SSSR count). The molecule has 0 fully saturated rings. The maximum Gasteiger partial charge on any atom is 0.224 e. The molecule has 0 spiro atoms. The van der Waals surface area contributed by atoms with E-state index in [9.17, 15) is 9.18 Å². The number of hydrogen-bond donors (Lipinski definition) is 1. The van der Waals surface area contributed by atoms with E-state index in [0.29, 0.717) is 11.3 Å². The molecule has 1 heterocycles. The van der Waals surface area contributed by atoms with Crippen LogP contribution in [0.2, 0.25) is 0 Å². The number of rotatable bonds is 5. The predicted molar refractivity (Wildman–Crippen MR) is 93.8 cm³/mol. The average molecular weight is 388 g/mol. The van der Waals surface area contributed by atoms with Crippen molar-refractivity contribution >= 4 is 21.8 Å². The van der Waals surface area contributed by atoms with E-state index in [1.54, 1.807) is 18.2 Å². The summed E-state index contributed by atoms with van der Waals surface area (Å²) in [6.07, 6.45) is 0.00690. The Morgan fingerprint density at radius 2 is 1.79 bits per heavy atom. The van der Waals surface area contributed by atoms with Crippen LogP contribution in [-0.4, -0.2) is 5.91 Å². The molecule has 1 aromatic heterocycles. The van der Waals surface area contributed by atoms with Crippen LogP contribution in [0, 0.1) is 5.82 Å². The van der Waals surface area contributed by atoms with E-state index in [0.717, 1.165) is 15.8 Å². The van der Waals surface area contributed by atoms with Gasteiger partial charge in [-0.15, -0.1) is 0 Å². The highest BCUT2D eigenvalue weighted by Crippen LogP contribution is 2.23. The molecule has 3 aromatic rings. The number of benzene rings is 2. The SMILES string of the molecule is O=C(Cc1ccccc1F)NCc1ccc(-c2ccc(Br)cc2)o1. The first-order valence-electron chi connectivity index (χ1n) is 7.46. The lowest BCUT2D eigenvalue weighted by Gasteiger charge is -2.04. The van der Waals surface area contributed by atoms with Gasteiger partial charge in [-0.3, -0.25) is 4.79 Å². The van der Waals surface area contributed by atoms with Gasteiger partial charge in [0.05, 0.1) is 13.0 Å². The second-order valence-electron chi connectivity index (χ2n) is 5.32. The summed E-state index contributed by atoms with van der Waals surface area (Å²) in [5.74, 6) is 0.764. The van der Waals surface area contributed by atoms with Crippen LogP contribution in [0.5, 0.6) is 0 Å². The molecule has 0 aliphatic carbocycles. The Morgan fingerprint density at radius 3 is 2.54 bits per heavy atom. The van der Waals surface area contributed by atoms with Gasteiger partial charge in [0.2, 0.25) is 5.91 Å². The van der Waals surface area contributed by atoms with Gasteiger partial charge in [0, 0.05) is 10.0 Å². The summed E-state index contributed by atoms with van der Waals surface area (Å²) in [5.41, 5.74) is 1.34. The molecule has 2 aromatic carbocycles. The van der Waals surface area contributed by atoms with Gasteiger partial charge < -0.3 is 9.73 Å². The highest BCUT2D eigenvalue weighted by Gasteiger charge is 2.09. The highest BCUT2D eigenvalue weighted by atomic mass is 79.9. The van der Waals surface area contributed by atoms with Crippen LogP contribution in [0.15, 0.2) is 69.6 Å². The Bertz CT molecular complexity index is 843. The minimum atomic E-state index is -0.372. The molecule has 0 saturated heterocycles. The number of carbonyl (C=O) groups excluding carboxylic acids is 1. The van der Waals surface area contributed by atoms with E-state index in [1.807, 2.05) is 36.4 Å². The Kier molecular flexibility index (Phi) is 5.11. The monoisotopic (exact) mass is 387 g/mol. The van der Waals surface area contributed by atoms with E-state index in [-0.39, 0.29) is 24.7 Å². The van der Waals surface area contributed by atoms with Crippen LogP contribution in [0.4, 0.5) is 4.39 Å². The Morgan fingerprint density at radius 1 is 1.04 bits per heavy atom. The molecule has 0 aliphatic rings. The van der Waals surface area contributed by atoms with Crippen molar-refractivity contribution in [3.8, 4) is 11.3 Å². The topological polar surface area (TPSA) is 42.2 Å². The molecule has 24 heavy (non-hydrogen) atoms. The van der Waals surface area contributed by atoms with Crippen molar-refractivity contribution in [2.75, 3.05) is 0 Å². The van der Waals surface area contributed by atoms with Crippen molar-refractivity contribution in [1.29, 1.82) is 0 Å². The van der Waals surface area contributed by atoms with Gasteiger partial charge in [-0.05, 0) is 35.9 Å². The third-order valence-electron chi connectivity index (χ3n) is 3.56. The lowest BCUT2D eigenvalue weighted by molar-refractivity contribution is -0.120. The zero-order chi connectivity index (χ0) is 16.9. The molecule has 0 bridgehead atoms.